The second-order valence-corrected chi connectivity index (χ2v) is 3.02. The van der Waals surface area contributed by atoms with Gasteiger partial charge in [0.05, 0.1) is 27.3 Å². The van der Waals surface area contributed by atoms with Crippen molar-refractivity contribution >= 4 is 5.82 Å². The Morgan fingerprint density at radius 3 is 2.40 bits per heavy atom. The van der Waals surface area contributed by atoms with Crippen LogP contribution in [-0.2, 0) is 0 Å². The minimum absolute atomic E-state index is 0.685. The summed E-state index contributed by atoms with van der Waals surface area (Å²) in [5, 5.41) is 0. The van der Waals surface area contributed by atoms with Crippen molar-refractivity contribution in [2.24, 2.45) is 0 Å². The van der Waals surface area contributed by atoms with Gasteiger partial charge in [-0.05, 0) is 0 Å². The van der Waals surface area contributed by atoms with Crippen LogP contribution in [0.1, 0.15) is 0 Å². The molecule has 0 amide bonds. The van der Waals surface area contributed by atoms with E-state index in [1.807, 2.05) is 21.1 Å². The van der Waals surface area contributed by atoms with E-state index in [9.17, 15) is 0 Å². The van der Waals surface area contributed by atoms with Crippen LogP contribution >= 0.6 is 0 Å². The van der Waals surface area contributed by atoms with Crippen LogP contribution in [0.5, 0.6) is 0 Å². The highest BCUT2D eigenvalue weighted by Gasteiger charge is 2.12. The predicted octanol–water partition coefficient (Wildman–Crippen LogP) is 0.473. The highest BCUT2D eigenvalue weighted by molar-refractivity contribution is 5.26. The molecule has 1 rings (SSSR count). The van der Waals surface area contributed by atoms with Crippen LogP contribution in [0, 0.1) is 6.20 Å². The molecule has 1 heterocycles. The van der Waals surface area contributed by atoms with Crippen molar-refractivity contribution in [2.75, 3.05) is 21.1 Å². The lowest BCUT2D eigenvalue weighted by Gasteiger charge is -2.20. The molecule has 0 atom stereocenters. The molecular weight excluding hydrogens is 126 g/mol. The van der Waals surface area contributed by atoms with Crippen LogP contribution in [-0.4, -0.2) is 31.1 Å². The molecule has 10 heavy (non-hydrogen) atoms. The Balaban J connectivity index is 2.97. The van der Waals surface area contributed by atoms with Gasteiger partial charge < -0.3 is 0 Å². The molecule has 1 aromatic rings. The van der Waals surface area contributed by atoms with Crippen LogP contribution < -0.4 is 4.48 Å². The average molecular weight is 137 g/mol. The lowest BCUT2D eigenvalue weighted by atomic mass is 10.5. The van der Waals surface area contributed by atoms with E-state index in [1.54, 1.807) is 12.4 Å². The molecular formula is C7H11N3+. The summed E-state index contributed by atoms with van der Waals surface area (Å²) >= 11 is 0. The first-order chi connectivity index (χ1) is 4.61. The molecule has 0 fully saturated rings. The first-order valence-electron chi connectivity index (χ1n) is 3.11. The van der Waals surface area contributed by atoms with E-state index in [0.29, 0.717) is 4.48 Å². The van der Waals surface area contributed by atoms with Gasteiger partial charge in [-0.3, -0.25) is 9.47 Å². The van der Waals surface area contributed by atoms with E-state index in [4.69, 9.17) is 0 Å². The molecule has 0 spiro atoms. The SMILES string of the molecule is C[N+](C)(C)c1cnc[c]n1. The highest BCUT2D eigenvalue weighted by Crippen LogP contribution is 2.07. The van der Waals surface area contributed by atoms with Crippen molar-refractivity contribution < 1.29 is 0 Å². The number of rotatable bonds is 1. The van der Waals surface area contributed by atoms with Crippen molar-refractivity contribution in [3.63, 3.8) is 0 Å². The van der Waals surface area contributed by atoms with Gasteiger partial charge in [-0.25, -0.2) is 0 Å². The van der Waals surface area contributed by atoms with Crippen molar-refractivity contribution in [2.45, 2.75) is 0 Å². The Hall–Kier alpha value is -0.960. The van der Waals surface area contributed by atoms with Crippen LogP contribution in [0.25, 0.3) is 0 Å². The second-order valence-electron chi connectivity index (χ2n) is 3.02. The maximum Gasteiger partial charge on any atom is 0.246 e. The largest absolute Gasteiger partial charge is 0.281 e. The lowest BCUT2D eigenvalue weighted by Crippen LogP contribution is -2.35. The maximum absolute atomic E-state index is 4.03. The molecule has 1 radical (unpaired) electrons. The van der Waals surface area contributed by atoms with Crippen LogP contribution in [0.4, 0.5) is 5.82 Å². The normalized spacial score (nSPS) is 11.5. The number of quaternary nitrogens is 1. The highest BCUT2D eigenvalue weighted by atomic mass is 15.3. The molecule has 0 saturated carbocycles. The Morgan fingerprint density at radius 1 is 1.40 bits per heavy atom. The Kier molecular flexibility index (Phi) is 1.68. The fourth-order valence-corrected chi connectivity index (χ4v) is 0.584. The van der Waals surface area contributed by atoms with Gasteiger partial charge in [0, 0.05) is 0 Å². The fourth-order valence-electron chi connectivity index (χ4n) is 0.584. The molecule has 0 aliphatic carbocycles. The number of nitrogens with zero attached hydrogens (tertiary/aromatic N) is 3. The molecule has 0 bridgehead atoms. The number of hydrogen-bond acceptors (Lipinski definition) is 2. The third-order valence-electron chi connectivity index (χ3n) is 1.19. The molecule has 3 nitrogen and oxygen atoms in total. The van der Waals surface area contributed by atoms with Gasteiger partial charge in [-0.2, -0.15) is 4.98 Å². The molecule has 0 aliphatic rings. The standard InChI is InChI=1S/C7H11N3/c1-10(2,3)7-6-8-4-5-9-7/h4,6H,1-3H3/q+1. The third kappa shape index (κ3) is 1.51. The molecule has 0 aliphatic heterocycles. The maximum atomic E-state index is 4.03. The van der Waals surface area contributed by atoms with Gasteiger partial charge in [-0.1, -0.05) is 0 Å². The third-order valence-corrected chi connectivity index (χ3v) is 1.19. The Morgan fingerprint density at radius 2 is 2.10 bits per heavy atom. The summed E-state index contributed by atoms with van der Waals surface area (Å²) < 4.78 is 0.685. The first kappa shape index (κ1) is 7.15. The Labute approximate surface area is 60.9 Å². The molecule has 3 heteroatoms. The van der Waals surface area contributed by atoms with Gasteiger partial charge in [0.15, 0.2) is 0 Å². The van der Waals surface area contributed by atoms with Crippen molar-refractivity contribution in [1.82, 2.24) is 14.5 Å². The van der Waals surface area contributed by atoms with Gasteiger partial charge >= 0.3 is 0 Å². The van der Waals surface area contributed by atoms with E-state index >= 15 is 0 Å². The molecule has 1 aromatic heterocycles. The molecule has 0 aromatic carbocycles. The van der Waals surface area contributed by atoms with Gasteiger partial charge in [0.25, 0.3) is 0 Å². The summed E-state index contributed by atoms with van der Waals surface area (Å²) in [5.41, 5.74) is 0. The average Bonchev–Trinajstić information content (AvgIpc) is 1.88. The minimum atomic E-state index is 0.685. The fraction of sp³-hybridized carbons (Fsp3) is 0.429. The summed E-state index contributed by atoms with van der Waals surface area (Å²) in [6.07, 6.45) is 5.99. The van der Waals surface area contributed by atoms with E-state index in [1.165, 1.54) is 0 Å². The van der Waals surface area contributed by atoms with Gasteiger partial charge in [-0.15, -0.1) is 0 Å². The lowest BCUT2D eigenvalue weighted by molar-refractivity contribution is 0.471. The molecule has 53 valence electrons. The summed E-state index contributed by atoms with van der Waals surface area (Å²) in [4.78, 5) is 7.95. The number of aromatic nitrogens is 2. The van der Waals surface area contributed by atoms with E-state index in [2.05, 4.69) is 16.2 Å². The predicted molar refractivity (Wildman–Crippen MR) is 40.4 cm³/mol. The van der Waals surface area contributed by atoms with Crippen molar-refractivity contribution in [1.29, 1.82) is 0 Å². The zero-order chi connectivity index (χ0) is 7.61. The number of hydrogen-bond donors (Lipinski definition) is 0. The van der Waals surface area contributed by atoms with Crippen LogP contribution in [0.2, 0.25) is 0 Å². The summed E-state index contributed by atoms with van der Waals surface area (Å²) in [7, 11) is 6.12. The monoisotopic (exact) mass is 137 g/mol. The smallest absolute Gasteiger partial charge is 0.246 e. The van der Waals surface area contributed by atoms with Crippen molar-refractivity contribution in [3.8, 4) is 0 Å². The quantitative estimate of drug-likeness (QED) is 0.526. The topological polar surface area (TPSA) is 25.8 Å². The summed E-state index contributed by atoms with van der Waals surface area (Å²) in [6.45, 7) is 0. The Bertz CT molecular complexity index is 200. The first-order valence-corrected chi connectivity index (χ1v) is 3.11. The van der Waals surface area contributed by atoms with Crippen LogP contribution in [0.15, 0.2) is 12.4 Å². The molecule has 0 unspecified atom stereocenters. The minimum Gasteiger partial charge on any atom is -0.281 e. The summed E-state index contributed by atoms with van der Waals surface area (Å²) in [5.74, 6) is 0.919. The van der Waals surface area contributed by atoms with Gasteiger partial charge in [0.2, 0.25) is 5.82 Å². The zero-order valence-electron chi connectivity index (χ0n) is 6.50. The van der Waals surface area contributed by atoms with E-state index < -0.39 is 0 Å². The van der Waals surface area contributed by atoms with E-state index in [0.717, 1.165) is 5.82 Å². The molecule has 0 saturated heterocycles. The summed E-state index contributed by atoms with van der Waals surface area (Å²) in [6, 6.07) is 0. The van der Waals surface area contributed by atoms with Crippen molar-refractivity contribution in [3.05, 3.63) is 18.6 Å². The van der Waals surface area contributed by atoms with Crippen LogP contribution in [0.3, 0.4) is 0 Å². The molecule has 0 N–H and O–H groups in total. The van der Waals surface area contributed by atoms with Gasteiger partial charge in [0.1, 0.15) is 12.4 Å². The second kappa shape index (κ2) is 2.34. The van der Waals surface area contributed by atoms with E-state index in [-0.39, 0.29) is 0 Å². The zero-order valence-corrected chi connectivity index (χ0v) is 6.50.